The highest BCUT2D eigenvalue weighted by atomic mass is 35.5. The van der Waals surface area contributed by atoms with Crippen molar-refractivity contribution >= 4 is 23.4 Å². The number of hydrogen-bond donors (Lipinski definition) is 2. The lowest BCUT2D eigenvalue weighted by atomic mass is 9.92. The number of carbonyl (C=O) groups is 1. The number of nitrogens with two attached hydrogens (primary N) is 1. The number of rotatable bonds is 4. The minimum absolute atomic E-state index is 0.263. The molecule has 1 heterocycles. The van der Waals surface area contributed by atoms with E-state index in [4.69, 9.17) is 17.3 Å². The summed E-state index contributed by atoms with van der Waals surface area (Å²) in [5, 5.41) is 9.80. The maximum Gasteiger partial charge on any atom is 0.311 e. The predicted molar refractivity (Wildman–Crippen MR) is 74.2 cm³/mol. The normalized spacial score (nSPS) is 12.1. The van der Waals surface area contributed by atoms with Crippen LogP contribution in [0.5, 0.6) is 0 Å². The number of aromatic nitrogens is 1. The fraction of sp³-hybridized carbons (Fsp3) is 0.143. The van der Waals surface area contributed by atoms with E-state index in [1.54, 1.807) is 18.2 Å². The Morgan fingerprint density at radius 3 is 2.68 bits per heavy atom. The molecule has 0 spiro atoms. The Kier molecular flexibility index (Phi) is 4.02. The molecule has 0 aliphatic rings. The first-order valence-corrected chi connectivity index (χ1v) is 6.13. The van der Waals surface area contributed by atoms with Crippen LogP contribution in [0.3, 0.4) is 0 Å². The van der Waals surface area contributed by atoms with Crippen molar-refractivity contribution in [3.05, 3.63) is 58.7 Å². The van der Waals surface area contributed by atoms with E-state index >= 15 is 0 Å². The van der Waals surface area contributed by atoms with E-state index < -0.39 is 11.9 Å². The van der Waals surface area contributed by atoms with Gasteiger partial charge in [0, 0.05) is 6.20 Å². The van der Waals surface area contributed by atoms with Gasteiger partial charge >= 0.3 is 5.97 Å². The molecule has 0 saturated carbocycles. The highest BCUT2D eigenvalue weighted by Crippen LogP contribution is 2.25. The van der Waals surface area contributed by atoms with Gasteiger partial charge in [0.15, 0.2) is 0 Å². The lowest BCUT2D eigenvalue weighted by molar-refractivity contribution is -0.138. The molecule has 4 nitrogen and oxygen atoms in total. The number of carboxylic acid groups (broad SMARTS) is 1. The summed E-state index contributed by atoms with van der Waals surface area (Å²) in [4.78, 5) is 15.3. The van der Waals surface area contributed by atoms with E-state index in [1.807, 2.05) is 18.2 Å². The van der Waals surface area contributed by atoms with E-state index in [0.717, 1.165) is 5.56 Å². The zero-order valence-electron chi connectivity index (χ0n) is 10.1. The third-order valence-electron chi connectivity index (χ3n) is 2.89. The fourth-order valence-electron chi connectivity index (χ4n) is 1.91. The SMILES string of the molecule is Nc1ncc(Cl)cc1CC(C(=O)O)c1ccccc1. The summed E-state index contributed by atoms with van der Waals surface area (Å²) in [7, 11) is 0. The molecule has 1 atom stereocenters. The zero-order chi connectivity index (χ0) is 13.8. The van der Waals surface area contributed by atoms with Gasteiger partial charge in [-0.2, -0.15) is 0 Å². The minimum Gasteiger partial charge on any atom is -0.481 e. The Balaban J connectivity index is 2.32. The van der Waals surface area contributed by atoms with Crippen molar-refractivity contribution in [2.75, 3.05) is 5.73 Å². The summed E-state index contributed by atoms with van der Waals surface area (Å²) in [6.45, 7) is 0. The van der Waals surface area contributed by atoms with Gasteiger partial charge in [-0.1, -0.05) is 41.9 Å². The molecule has 2 aromatic rings. The van der Waals surface area contributed by atoms with E-state index in [1.165, 1.54) is 6.20 Å². The first-order valence-electron chi connectivity index (χ1n) is 5.75. The number of pyridine rings is 1. The number of carboxylic acids is 1. The third kappa shape index (κ3) is 3.23. The first-order chi connectivity index (χ1) is 9.08. The molecular weight excluding hydrogens is 264 g/mol. The molecule has 0 saturated heterocycles. The maximum atomic E-state index is 11.4. The van der Waals surface area contributed by atoms with Crippen LogP contribution in [-0.4, -0.2) is 16.1 Å². The van der Waals surface area contributed by atoms with Crippen LogP contribution in [-0.2, 0) is 11.2 Å². The lowest BCUT2D eigenvalue weighted by Gasteiger charge is -2.14. The van der Waals surface area contributed by atoms with Crippen molar-refractivity contribution in [1.82, 2.24) is 4.98 Å². The molecule has 0 fully saturated rings. The van der Waals surface area contributed by atoms with E-state index in [2.05, 4.69) is 4.98 Å². The van der Waals surface area contributed by atoms with Crippen LogP contribution in [0.2, 0.25) is 5.02 Å². The maximum absolute atomic E-state index is 11.4. The molecule has 0 amide bonds. The first kappa shape index (κ1) is 13.4. The minimum atomic E-state index is -0.898. The van der Waals surface area contributed by atoms with Gasteiger partial charge in [-0.05, 0) is 23.6 Å². The van der Waals surface area contributed by atoms with Gasteiger partial charge in [0.2, 0.25) is 0 Å². The molecule has 1 aromatic carbocycles. The molecule has 5 heteroatoms. The lowest BCUT2D eigenvalue weighted by Crippen LogP contribution is -2.15. The van der Waals surface area contributed by atoms with Crippen LogP contribution in [0.4, 0.5) is 5.82 Å². The molecule has 0 bridgehead atoms. The second-order valence-electron chi connectivity index (χ2n) is 4.20. The Morgan fingerprint density at radius 1 is 1.37 bits per heavy atom. The van der Waals surface area contributed by atoms with Crippen LogP contribution in [0.25, 0.3) is 0 Å². The Morgan fingerprint density at radius 2 is 2.05 bits per heavy atom. The zero-order valence-corrected chi connectivity index (χ0v) is 10.8. The molecule has 3 N–H and O–H groups in total. The average molecular weight is 277 g/mol. The second-order valence-corrected chi connectivity index (χ2v) is 4.64. The summed E-state index contributed by atoms with van der Waals surface area (Å²) < 4.78 is 0. The number of nitrogens with zero attached hydrogens (tertiary/aromatic N) is 1. The predicted octanol–water partition coefficient (Wildman–Crippen LogP) is 2.73. The second kappa shape index (κ2) is 5.71. The largest absolute Gasteiger partial charge is 0.481 e. The molecule has 19 heavy (non-hydrogen) atoms. The smallest absolute Gasteiger partial charge is 0.311 e. The van der Waals surface area contributed by atoms with Gasteiger partial charge in [0.25, 0.3) is 0 Å². The molecule has 0 aliphatic heterocycles. The van der Waals surface area contributed by atoms with Gasteiger partial charge in [0.1, 0.15) is 5.82 Å². The Hall–Kier alpha value is -2.07. The average Bonchev–Trinajstić information content (AvgIpc) is 2.40. The van der Waals surface area contributed by atoms with Crippen molar-refractivity contribution in [2.45, 2.75) is 12.3 Å². The molecule has 1 aromatic heterocycles. The summed E-state index contributed by atoms with van der Waals surface area (Å²) in [6, 6.07) is 10.7. The molecule has 0 aliphatic carbocycles. The van der Waals surface area contributed by atoms with Crippen LogP contribution >= 0.6 is 11.6 Å². The van der Waals surface area contributed by atoms with Crippen molar-refractivity contribution in [3.8, 4) is 0 Å². The summed E-state index contributed by atoms with van der Waals surface area (Å²) in [6.07, 6.45) is 1.71. The van der Waals surface area contributed by atoms with Crippen molar-refractivity contribution in [1.29, 1.82) is 0 Å². The van der Waals surface area contributed by atoms with E-state index in [0.29, 0.717) is 16.4 Å². The van der Waals surface area contributed by atoms with Crippen LogP contribution in [0.15, 0.2) is 42.6 Å². The van der Waals surface area contributed by atoms with E-state index in [9.17, 15) is 9.90 Å². The molecular formula is C14H13ClN2O2. The third-order valence-corrected chi connectivity index (χ3v) is 3.10. The number of anilines is 1. The Labute approximate surface area is 115 Å². The van der Waals surface area contributed by atoms with Gasteiger partial charge in [-0.3, -0.25) is 4.79 Å². The quantitative estimate of drug-likeness (QED) is 0.900. The number of benzene rings is 1. The van der Waals surface area contributed by atoms with Gasteiger partial charge in [0.05, 0.1) is 10.9 Å². The van der Waals surface area contributed by atoms with Crippen LogP contribution < -0.4 is 5.73 Å². The van der Waals surface area contributed by atoms with Crippen molar-refractivity contribution in [3.63, 3.8) is 0 Å². The monoisotopic (exact) mass is 276 g/mol. The summed E-state index contributed by atoms with van der Waals surface area (Å²) >= 11 is 5.86. The summed E-state index contributed by atoms with van der Waals surface area (Å²) in [5.41, 5.74) is 7.13. The summed E-state index contributed by atoms with van der Waals surface area (Å²) in [5.74, 6) is -1.25. The van der Waals surface area contributed by atoms with E-state index in [-0.39, 0.29) is 6.42 Å². The van der Waals surface area contributed by atoms with Crippen LogP contribution in [0.1, 0.15) is 17.0 Å². The highest BCUT2D eigenvalue weighted by molar-refractivity contribution is 6.30. The van der Waals surface area contributed by atoms with Gasteiger partial charge in [-0.15, -0.1) is 0 Å². The molecule has 1 unspecified atom stereocenters. The van der Waals surface area contributed by atoms with Crippen LogP contribution in [0, 0.1) is 0 Å². The van der Waals surface area contributed by atoms with Gasteiger partial charge in [-0.25, -0.2) is 4.98 Å². The number of halogens is 1. The molecule has 0 radical (unpaired) electrons. The topological polar surface area (TPSA) is 76.2 Å². The standard InChI is InChI=1S/C14H13ClN2O2/c15-11-6-10(13(16)17-8-11)7-12(14(18)19)9-4-2-1-3-5-9/h1-6,8,12H,7H2,(H2,16,17)(H,18,19). The highest BCUT2D eigenvalue weighted by Gasteiger charge is 2.21. The number of aliphatic carboxylic acids is 1. The molecule has 98 valence electrons. The number of nitrogen functional groups attached to an aromatic ring is 1. The molecule has 2 rings (SSSR count). The van der Waals surface area contributed by atoms with Gasteiger partial charge < -0.3 is 10.8 Å². The Bertz CT molecular complexity index is 587. The fourth-order valence-corrected chi connectivity index (χ4v) is 2.09. The number of hydrogen-bond acceptors (Lipinski definition) is 3. The van der Waals surface area contributed by atoms with Crippen molar-refractivity contribution < 1.29 is 9.90 Å². The van der Waals surface area contributed by atoms with Crippen molar-refractivity contribution in [2.24, 2.45) is 0 Å².